The third-order valence-corrected chi connectivity index (χ3v) is 7.00. The fourth-order valence-electron chi connectivity index (χ4n) is 3.50. The van der Waals surface area contributed by atoms with E-state index in [0.717, 1.165) is 24.0 Å². The number of sulfonamides is 1. The highest BCUT2D eigenvalue weighted by Crippen LogP contribution is 2.30. The number of nitrogens with zero attached hydrogens (tertiary/aromatic N) is 1. The van der Waals surface area contributed by atoms with Gasteiger partial charge in [0.25, 0.3) is 0 Å². The van der Waals surface area contributed by atoms with Crippen LogP contribution in [-0.4, -0.2) is 44.9 Å². The van der Waals surface area contributed by atoms with Gasteiger partial charge in [-0.1, -0.05) is 18.2 Å². The van der Waals surface area contributed by atoms with Gasteiger partial charge in [-0.3, -0.25) is 4.79 Å². The Balaban J connectivity index is 1.32. The van der Waals surface area contributed by atoms with Crippen molar-refractivity contribution in [2.24, 2.45) is 0 Å². The standard InChI is InChI=1S/C21H24N2O5S/c24-21(14-17-5-8-19-20(13-17)28-12-11-27-19)22-15-16-3-6-18(7-4-16)29(25,26)23-9-1-2-10-23/h3-8,13H,1-2,9-12,14-15H2,(H,22,24). The van der Waals surface area contributed by atoms with Crippen LogP contribution in [0.25, 0.3) is 0 Å². The van der Waals surface area contributed by atoms with Crippen molar-refractivity contribution in [3.8, 4) is 11.5 Å². The molecule has 0 aromatic heterocycles. The van der Waals surface area contributed by atoms with Crippen molar-refractivity contribution in [3.63, 3.8) is 0 Å². The average Bonchev–Trinajstić information content (AvgIpc) is 3.28. The fourth-order valence-corrected chi connectivity index (χ4v) is 5.02. The number of fused-ring (bicyclic) bond motifs is 1. The Bertz CT molecular complexity index is 983. The normalized spacial score (nSPS) is 16.6. The zero-order chi connectivity index (χ0) is 20.3. The Kier molecular flexibility index (Phi) is 5.73. The number of benzene rings is 2. The monoisotopic (exact) mass is 416 g/mol. The van der Waals surface area contributed by atoms with E-state index >= 15 is 0 Å². The third kappa shape index (κ3) is 4.54. The van der Waals surface area contributed by atoms with Crippen LogP contribution in [0, 0.1) is 0 Å². The van der Waals surface area contributed by atoms with Gasteiger partial charge in [0.1, 0.15) is 13.2 Å². The number of carbonyl (C=O) groups is 1. The van der Waals surface area contributed by atoms with Crippen molar-refractivity contribution >= 4 is 15.9 Å². The summed E-state index contributed by atoms with van der Waals surface area (Å²) in [4.78, 5) is 12.6. The summed E-state index contributed by atoms with van der Waals surface area (Å²) in [6, 6.07) is 12.2. The molecule has 0 spiro atoms. The van der Waals surface area contributed by atoms with Gasteiger partial charge < -0.3 is 14.8 Å². The van der Waals surface area contributed by atoms with Crippen LogP contribution in [0.2, 0.25) is 0 Å². The predicted octanol–water partition coefficient (Wildman–Crippen LogP) is 2.10. The molecule has 0 unspecified atom stereocenters. The van der Waals surface area contributed by atoms with Gasteiger partial charge in [0.2, 0.25) is 15.9 Å². The molecule has 1 saturated heterocycles. The van der Waals surface area contributed by atoms with Crippen molar-refractivity contribution in [2.75, 3.05) is 26.3 Å². The SMILES string of the molecule is O=C(Cc1ccc2c(c1)OCCO2)NCc1ccc(S(=O)(=O)N2CCCC2)cc1. The molecule has 8 heteroatoms. The van der Waals surface area contributed by atoms with Gasteiger partial charge in [0.15, 0.2) is 11.5 Å². The number of rotatable bonds is 6. The van der Waals surface area contributed by atoms with Crippen LogP contribution in [0.3, 0.4) is 0 Å². The first-order valence-electron chi connectivity index (χ1n) is 9.77. The molecule has 1 N–H and O–H groups in total. The molecule has 29 heavy (non-hydrogen) atoms. The smallest absolute Gasteiger partial charge is 0.243 e. The van der Waals surface area contributed by atoms with Crippen LogP contribution in [0.1, 0.15) is 24.0 Å². The molecular formula is C21H24N2O5S. The number of carbonyl (C=O) groups excluding carboxylic acids is 1. The minimum absolute atomic E-state index is 0.115. The second-order valence-electron chi connectivity index (χ2n) is 7.19. The van der Waals surface area contributed by atoms with Crippen LogP contribution >= 0.6 is 0 Å². The van der Waals surface area contributed by atoms with Crippen molar-refractivity contribution in [2.45, 2.75) is 30.7 Å². The molecule has 0 atom stereocenters. The Hall–Kier alpha value is -2.58. The van der Waals surface area contributed by atoms with Crippen LogP contribution in [-0.2, 0) is 27.8 Å². The number of nitrogens with one attached hydrogen (secondary N) is 1. The fraction of sp³-hybridized carbons (Fsp3) is 0.381. The van der Waals surface area contributed by atoms with E-state index in [4.69, 9.17) is 9.47 Å². The van der Waals surface area contributed by atoms with Crippen molar-refractivity contribution in [1.29, 1.82) is 0 Å². The van der Waals surface area contributed by atoms with Crippen molar-refractivity contribution < 1.29 is 22.7 Å². The highest BCUT2D eigenvalue weighted by Gasteiger charge is 2.26. The maximum Gasteiger partial charge on any atom is 0.243 e. The number of hydrogen-bond donors (Lipinski definition) is 1. The molecule has 2 aromatic carbocycles. The van der Waals surface area contributed by atoms with E-state index in [1.165, 1.54) is 4.31 Å². The van der Waals surface area contributed by atoms with Gasteiger partial charge >= 0.3 is 0 Å². The Morgan fingerprint density at radius 2 is 1.59 bits per heavy atom. The van der Waals surface area contributed by atoms with Crippen molar-refractivity contribution in [3.05, 3.63) is 53.6 Å². The Morgan fingerprint density at radius 3 is 2.31 bits per heavy atom. The lowest BCUT2D eigenvalue weighted by Gasteiger charge is -2.18. The van der Waals surface area contributed by atoms with Crippen molar-refractivity contribution in [1.82, 2.24) is 9.62 Å². The molecule has 1 amide bonds. The number of amides is 1. The second-order valence-corrected chi connectivity index (χ2v) is 9.12. The van der Waals surface area contributed by atoms with Gasteiger partial charge in [0.05, 0.1) is 11.3 Å². The molecule has 4 rings (SSSR count). The second kappa shape index (κ2) is 8.42. The lowest BCUT2D eigenvalue weighted by atomic mass is 10.1. The summed E-state index contributed by atoms with van der Waals surface area (Å²) in [7, 11) is -3.41. The van der Waals surface area contributed by atoms with Gasteiger partial charge in [-0.05, 0) is 48.2 Å². The van der Waals surface area contributed by atoms with Gasteiger partial charge in [-0.15, -0.1) is 0 Å². The minimum Gasteiger partial charge on any atom is -0.486 e. The molecule has 0 bridgehead atoms. The van der Waals surface area contributed by atoms with E-state index in [9.17, 15) is 13.2 Å². The number of hydrogen-bond acceptors (Lipinski definition) is 5. The summed E-state index contributed by atoms with van der Waals surface area (Å²) < 4.78 is 37.7. The van der Waals surface area contributed by atoms with E-state index < -0.39 is 10.0 Å². The Labute approximate surface area is 170 Å². The average molecular weight is 416 g/mol. The Morgan fingerprint density at radius 1 is 0.931 bits per heavy atom. The van der Waals surface area contributed by atoms with E-state index in [0.29, 0.717) is 49.2 Å². The van der Waals surface area contributed by atoms with E-state index in [-0.39, 0.29) is 12.3 Å². The van der Waals surface area contributed by atoms with E-state index in [1.807, 2.05) is 18.2 Å². The summed E-state index contributed by atoms with van der Waals surface area (Å²) in [5.41, 5.74) is 1.69. The molecule has 1 fully saturated rings. The summed E-state index contributed by atoms with van der Waals surface area (Å²) in [5.74, 6) is 1.25. The van der Waals surface area contributed by atoms with Gasteiger partial charge in [-0.25, -0.2) is 8.42 Å². The quantitative estimate of drug-likeness (QED) is 0.780. The summed E-state index contributed by atoms with van der Waals surface area (Å²) in [6.45, 7) is 2.55. The number of ether oxygens (including phenoxy) is 2. The molecule has 2 aliphatic heterocycles. The molecule has 0 radical (unpaired) electrons. The van der Waals surface area contributed by atoms with Crippen LogP contribution in [0.15, 0.2) is 47.4 Å². The zero-order valence-corrected chi connectivity index (χ0v) is 16.9. The molecular weight excluding hydrogens is 392 g/mol. The van der Waals surface area contributed by atoms with Gasteiger partial charge in [0, 0.05) is 19.6 Å². The lowest BCUT2D eigenvalue weighted by molar-refractivity contribution is -0.120. The van der Waals surface area contributed by atoms with E-state index in [1.54, 1.807) is 24.3 Å². The van der Waals surface area contributed by atoms with Gasteiger partial charge in [-0.2, -0.15) is 4.31 Å². The van der Waals surface area contributed by atoms with Crippen LogP contribution in [0.5, 0.6) is 11.5 Å². The first-order chi connectivity index (χ1) is 14.0. The summed E-state index contributed by atoms with van der Waals surface area (Å²) in [5, 5.41) is 2.87. The molecule has 2 aliphatic rings. The molecule has 7 nitrogen and oxygen atoms in total. The predicted molar refractivity (Wildman–Crippen MR) is 107 cm³/mol. The maximum absolute atomic E-state index is 12.6. The zero-order valence-electron chi connectivity index (χ0n) is 16.1. The highest BCUT2D eigenvalue weighted by atomic mass is 32.2. The topological polar surface area (TPSA) is 84.9 Å². The summed E-state index contributed by atoms with van der Waals surface area (Å²) in [6.07, 6.45) is 2.05. The first-order valence-corrected chi connectivity index (χ1v) is 11.2. The maximum atomic E-state index is 12.6. The molecule has 0 saturated carbocycles. The first kappa shape index (κ1) is 19.7. The third-order valence-electron chi connectivity index (χ3n) is 5.09. The summed E-state index contributed by atoms with van der Waals surface area (Å²) >= 11 is 0. The molecule has 2 aromatic rings. The largest absolute Gasteiger partial charge is 0.486 e. The minimum atomic E-state index is -3.41. The molecule has 0 aliphatic carbocycles. The molecule has 154 valence electrons. The van der Waals surface area contributed by atoms with Crippen LogP contribution < -0.4 is 14.8 Å². The highest BCUT2D eigenvalue weighted by molar-refractivity contribution is 7.89. The van der Waals surface area contributed by atoms with E-state index in [2.05, 4.69) is 5.32 Å². The lowest BCUT2D eigenvalue weighted by Crippen LogP contribution is -2.28. The molecule has 2 heterocycles. The van der Waals surface area contributed by atoms with Crippen LogP contribution in [0.4, 0.5) is 0 Å².